The maximum atomic E-state index is 11.0. The van der Waals surface area contributed by atoms with E-state index in [0.717, 1.165) is 37.8 Å². The molecule has 2 saturated carbocycles. The van der Waals surface area contributed by atoms with E-state index < -0.39 is 5.97 Å². The van der Waals surface area contributed by atoms with Crippen LogP contribution < -0.4 is 5.32 Å². The second-order valence-corrected chi connectivity index (χ2v) is 8.15. The van der Waals surface area contributed by atoms with Crippen LogP contribution in [0.1, 0.15) is 53.4 Å². The van der Waals surface area contributed by atoms with Gasteiger partial charge in [-0.1, -0.05) is 27.7 Å². The topological polar surface area (TPSA) is 52.6 Å². The van der Waals surface area contributed by atoms with Gasteiger partial charge >= 0.3 is 5.97 Å². The standard InChI is InChI=1S/C18H34N2O2/c1-12(2)17(13(3)4)9-19-15-7-16(8-15)20(11-18(21)22)10-14-5-6-14/h12-17,19H,5-11H2,1-4H3,(H,21,22). The molecule has 0 aromatic carbocycles. The van der Waals surface area contributed by atoms with Crippen LogP contribution in [0.4, 0.5) is 0 Å². The average molecular weight is 310 g/mol. The largest absolute Gasteiger partial charge is 0.480 e. The van der Waals surface area contributed by atoms with Gasteiger partial charge in [0.15, 0.2) is 0 Å². The third-order valence-electron chi connectivity index (χ3n) is 5.51. The average Bonchev–Trinajstić information content (AvgIpc) is 3.13. The maximum absolute atomic E-state index is 11.0. The zero-order chi connectivity index (χ0) is 16.3. The summed E-state index contributed by atoms with van der Waals surface area (Å²) in [5.41, 5.74) is 0. The molecule has 2 aliphatic rings. The molecule has 0 aliphatic heterocycles. The van der Waals surface area contributed by atoms with Crippen molar-refractivity contribution in [3.63, 3.8) is 0 Å². The number of carbonyl (C=O) groups is 1. The highest BCUT2D eigenvalue weighted by Gasteiger charge is 2.37. The van der Waals surface area contributed by atoms with Crippen molar-refractivity contribution in [3.8, 4) is 0 Å². The Morgan fingerprint density at radius 1 is 1.18 bits per heavy atom. The highest BCUT2D eigenvalue weighted by molar-refractivity contribution is 5.69. The molecule has 0 amide bonds. The Bertz CT molecular complexity index is 352. The molecule has 0 unspecified atom stereocenters. The molecule has 2 aliphatic carbocycles. The summed E-state index contributed by atoms with van der Waals surface area (Å²) in [5.74, 6) is 2.22. The van der Waals surface area contributed by atoms with E-state index in [1.165, 1.54) is 12.8 Å². The highest BCUT2D eigenvalue weighted by Crippen LogP contribution is 2.34. The fourth-order valence-corrected chi connectivity index (χ4v) is 3.75. The Morgan fingerprint density at radius 3 is 2.23 bits per heavy atom. The number of rotatable bonds is 10. The Balaban J connectivity index is 1.71. The fourth-order valence-electron chi connectivity index (χ4n) is 3.75. The molecule has 0 aromatic heterocycles. The number of nitrogens with one attached hydrogen (secondary N) is 1. The molecule has 4 heteroatoms. The molecule has 0 bridgehead atoms. The summed E-state index contributed by atoms with van der Waals surface area (Å²) >= 11 is 0. The van der Waals surface area contributed by atoms with E-state index in [2.05, 4.69) is 37.9 Å². The zero-order valence-corrected chi connectivity index (χ0v) is 14.7. The number of carboxylic acid groups (broad SMARTS) is 1. The van der Waals surface area contributed by atoms with Gasteiger partial charge in [0.2, 0.25) is 0 Å². The summed E-state index contributed by atoms with van der Waals surface area (Å²) in [6.07, 6.45) is 4.80. The second kappa shape index (κ2) is 7.78. The molecule has 22 heavy (non-hydrogen) atoms. The smallest absolute Gasteiger partial charge is 0.317 e. The third kappa shape index (κ3) is 5.24. The minimum atomic E-state index is -0.684. The van der Waals surface area contributed by atoms with Crippen LogP contribution in [-0.4, -0.2) is 47.7 Å². The predicted molar refractivity (Wildman–Crippen MR) is 89.9 cm³/mol. The summed E-state index contributed by atoms with van der Waals surface area (Å²) in [4.78, 5) is 13.3. The van der Waals surface area contributed by atoms with Crippen LogP contribution in [0.25, 0.3) is 0 Å². The fraction of sp³-hybridized carbons (Fsp3) is 0.944. The lowest BCUT2D eigenvalue weighted by Gasteiger charge is -2.43. The first kappa shape index (κ1) is 17.7. The van der Waals surface area contributed by atoms with Crippen LogP contribution in [0.15, 0.2) is 0 Å². The van der Waals surface area contributed by atoms with Crippen molar-refractivity contribution in [3.05, 3.63) is 0 Å². The highest BCUT2D eigenvalue weighted by atomic mass is 16.4. The van der Waals surface area contributed by atoms with Crippen LogP contribution >= 0.6 is 0 Å². The summed E-state index contributed by atoms with van der Waals surface area (Å²) in [7, 11) is 0. The molecule has 2 rings (SSSR count). The molecule has 0 saturated heterocycles. The van der Waals surface area contributed by atoms with E-state index in [9.17, 15) is 4.79 Å². The molecular formula is C18H34N2O2. The number of nitrogens with zero attached hydrogens (tertiary/aromatic N) is 1. The summed E-state index contributed by atoms with van der Waals surface area (Å²) < 4.78 is 0. The second-order valence-electron chi connectivity index (χ2n) is 8.15. The quantitative estimate of drug-likeness (QED) is 0.651. The van der Waals surface area contributed by atoms with Crippen LogP contribution in [0, 0.1) is 23.7 Å². The molecule has 2 fully saturated rings. The third-order valence-corrected chi connectivity index (χ3v) is 5.51. The van der Waals surface area contributed by atoms with Crippen molar-refractivity contribution in [1.82, 2.24) is 10.2 Å². The van der Waals surface area contributed by atoms with Gasteiger partial charge in [-0.2, -0.15) is 0 Å². The Kier molecular flexibility index (Phi) is 6.27. The van der Waals surface area contributed by atoms with Gasteiger partial charge in [-0.15, -0.1) is 0 Å². The van der Waals surface area contributed by atoms with Crippen molar-refractivity contribution in [2.75, 3.05) is 19.6 Å². The van der Waals surface area contributed by atoms with E-state index in [4.69, 9.17) is 5.11 Å². The summed E-state index contributed by atoms with van der Waals surface area (Å²) in [5, 5.41) is 12.8. The predicted octanol–water partition coefficient (Wildman–Crippen LogP) is 2.83. The van der Waals surface area contributed by atoms with Crippen LogP contribution in [0.2, 0.25) is 0 Å². The van der Waals surface area contributed by atoms with Crippen molar-refractivity contribution >= 4 is 5.97 Å². The molecule has 4 nitrogen and oxygen atoms in total. The Hall–Kier alpha value is -0.610. The molecule has 0 aromatic rings. The Morgan fingerprint density at radius 2 is 1.77 bits per heavy atom. The van der Waals surface area contributed by atoms with Crippen LogP contribution in [-0.2, 0) is 4.79 Å². The van der Waals surface area contributed by atoms with E-state index in [-0.39, 0.29) is 6.54 Å². The van der Waals surface area contributed by atoms with Crippen molar-refractivity contribution in [1.29, 1.82) is 0 Å². The monoisotopic (exact) mass is 310 g/mol. The maximum Gasteiger partial charge on any atom is 0.317 e. The minimum Gasteiger partial charge on any atom is -0.480 e. The van der Waals surface area contributed by atoms with Gasteiger partial charge in [-0.25, -0.2) is 0 Å². The number of carboxylic acids is 1. The molecule has 0 radical (unpaired) electrons. The number of hydrogen-bond acceptors (Lipinski definition) is 3. The van der Waals surface area contributed by atoms with E-state index in [0.29, 0.717) is 23.9 Å². The van der Waals surface area contributed by atoms with Gasteiger partial charge < -0.3 is 10.4 Å². The van der Waals surface area contributed by atoms with Crippen LogP contribution in [0.3, 0.4) is 0 Å². The SMILES string of the molecule is CC(C)C(CNC1CC(N(CC(=O)O)CC2CC2)C1)C(C)C. The molecule has 0 atom stereocenters. The van der Waals surface area contributed by atoms with Gasteiger partial charge in [0.1, 0.15) is 0 Å². The van der Waals surface area contributed by atoms with Gasteiger partial charge in [0, 0.05) is 18.6 Å². The molecule has 2 N–H and O–H groups in total. The lowest BCUT2D eigenvalue weighted by atomic mass is 9.82. The van der Waals surface area contributed by atoms with Crippen molar-refractivity contribution in [2.24, 2.45) is 23.7 Å². The lowest BCUT2D eigenvalue weighted by molar-refractivity contribution is -0.139. The zero-order valence-electron chi connectivity index (χ0n) is 14.7. The van der Waals surface area contributed by atoms with Crippen LogP contribution in [0.5, 0.6) is 0 Å². The molecular weight excluding hydrogens is 276 g/mol. The van der Waals surface area contributed by atoms with E-state index >= 15 is 0 Å². The normalized spacial score (nSPS) is 25.3. The van der Waals surface area contributed by atoms with Gasteiger partial charge in [-0.05, 0) is 55.9 Å². The van der Waals surface area contributed by atoms with Gasteiger partial charge in [-0.3, -0.25) is 9.69 Å². The number of hydrogen-bond donors (Lipinski definition) is 2. The first-order valence-corrected chi connectivity index (χ1v) is 9.06. The molecule has 128 valence electrons. The first-order valence-electron chi connectivity index (χ1n) is 9.06. The first-order chi connectivity index (χ1) is 10.4. The lowest BCUT2D eigenvalue weighted by Crippen LogP contribution is -2.55. The van der Waals surface area contributed by atoms with Gasteiger partial charge in [0.05, 0.1) is 6.54 Å². The molecule has 0 spiro atoms. The summed E-state index contributed by atoms with van der Waals surface area (Å²) in [6, 6.07) is 1.06. The molecule has 0 heterocycles. The number of aliphatic carboxylic acids is 1. The van der Waals surface area contributed by atoms with Gasteiger partial charge in [0.25, 0.3) is 0 Å². The van der Waals surface area contributed by atoms with E-state index in [1.54, 1.807) is 0 Å². The van der Waals surface area contributed by atoms with Crippen molar-refractivity contribution in [2.45, 2.75) is 65.5 Å². The minimum absolute atomic E-state index is 0.217. The van der Waals surface area contributed by atoms with Crippen molar-refractivity contribution < 1.29 is 9.90 Å². The summed E-state index contributed by atoms with van der Waals surface area (Å²) in [6.45, 7) is 11.5. The Labute approximate surface area is 135 Å². The van der Waals surface area contributed by atoms with E-state index in [1.807, 2.05) is 0 Å².